The summed E-state index contributed by atoms with van der Waals surface area (Å²) in [7, 11) is 5.56. The van der Waals surface area contributed by atoms with E-state index in [1.807, 2.05) is 23.9 Å². The smallest absolute Gasteiger partial charge is 0.254 e. The van der Waals surface area contributed by atoms with E-state index in [2.05, 4.69) is 52.1 Å². The zero-order valence-electron chi connectivity index (χ0n) is 19.1. The number of rotatable bonds is 5. The molecule has 1 aromatic carbocycles. The Labute approximate surface area is 192 Å². The molecule has 1 fully saturated rings. The van der Waals surface area contributed by atoms with Gasteiger partial charge in [-0.3, -0.25) is 14.3 Å². The number of fused-ring (bicyclic) bond motifs is 3. The normalized spacial score (nSPS) is 16.6. The van der Waals surface area contributed by atoms with Crippen LogP contribution < -0.4 is 20.9 Å². The molecule has 3 aromatic rings. The van der Waals surface area contributed by atoms with Gasteiger partial charge >= 0.3 is 0 Å². The van der Waals surface area contributed by atoms with Crippen LogP contribution in [0.1, 0.15) is 41.7 Å². The third-order valence-corrected chi connectivity index (χ3v) is 6.38. The summed E-state index contributed by atoms with van der Waals surface area (Å²) in [5.74, 6) is 0.185. The number of nitrogens with one attached hydrogen (secondary N) is 3. The van der Waals surface area contributed by atoms with Crippen LogP contribution in [0.4, 0.5) is 22.9 Å². The van der Waals surface area contributed by atoms with E-state index in [9.17, 15) is 9.59 Å². The number of carbonyl (C=O) groups excluding carboxylic acids is 2. The molecule has 1 saturated carbocycles. The Morgan fingerprint density at radius 3 is 2.67 bits per heavy atom. The van der Waals surface area contributed by atoms with Gasteiger partial charge in [-0.15, -0.1) is 0 Å². The first-order valence-corrected chi connectivity index (χ1v) is 11.1. The molecule has 5 rings (SSSR count). The second-order valence-corrected chi connectivity index (χ2v) is 8.68. The van der Waals surface area contributed by atoms with Crippen molar-refractivity contribution in [2.24, 2.45) is 13.0 Å². The number of aromatic nitrogens is 3. The second kappa shape index (κ2) is 7.91. The summed E-state index contributed by atoms with van der Waals surface area (Å²) >= 11 is 0. The highest BCUT2D eigenvalue weighted by Crippen LogP contribution is 2.47. The molecule has 9 heteroatoms. The standard InChI is InChI=1S/C24H27N7O2/c1-13-17-12-30(3)29-21(17)15-6-5-7-18(22(15)31(13)4)27-19-10-20(28-23(32)14-8-9-14)26-11-16(19)24(33)25-2/h5-7,10-14H,8-9H2,1-4H3,(H,25,33)(H2,26,27,28,32). The first-order valence-electron chi connectivity index (χ1n) is 11.1. The van der Waals surface area contributed by atoms with E-state index < -0.39 is 0 Å². The number of carbonyl (C=O) groups is 2. The molecule has 1 aliphatic carbocycles. The van der Waals surface area contributed by atoms with E-state index in [1.165, 1.54) is 11.8 Å². The number of amides is 2. The van der Waals surface area contributed by atoms with Crippen LogP contribution in [0.25, 0.3) is 11.3 Å². The molecule has 170 valence electrons. The van der Waals surface area contributed by atoms with Crippen molar-refractivity contribution in [1.82, 2.24) is 20.1 Å². The number of hydrogen-bond acceptors (Lipinski definition) is 6. The summed E-state index contributed by atoms with van der Waals surface area (Å²) in [5.41, 5.74) is 5.95. The van der Waals surface area contributed by atoms with Crippen LogP contribution in [0.2, 0.25) is 0 Å². The summed E-state index contributed by atoms with van der Waals surface area (Å²) in [4.78, 5) is 31.3. The quantitative estimate of drug-likeness (QED) is 0.556. The molecule has 2 aliphatic rings. The Morgan fingerprint density at radius 1 is 1.15 bits per heavy atom. The average molecular weight is 446 g/mol. The fourth-order valence-electron chi connectivity index (χ4n) is 4.30. The third kappa shape index (κ3) is 3.69. The maximum absolute atomic E-state index is 12.5. The molecule has 2 amide bonds. The van der Waals surface area contributed by atoms with Gasteiger partial charge in [-0.25, -0.2) is 4.98 Å². The van der Waals surface area contributed by atoms with Crippen LogP contribution >= 0.6 is 0 Å². The molecule has 0 bridgehead atoms. The van der Waals surface area contributed by atoms with Gasteiger partial charge in [-0.2, -0.15) is 5.10 Å². The second-order valence-electron chi connectivity index (χ2n) is 8.68. The molecule has 0 radical (unpaired) electrons. The molecule has 3 heterocycles. The Morgan fingerprint density at radius 2 is 1.94 bits per heavy atom. The Balaban J connectivity index is 1.57. The van der Waals surface area contributed by atoms with Gasteiger partial charge < -0.3 is 20.9 Å². The minimum absolute atomic E-state index is 0.0329. The van der Waals surface area contributed by atoms with Crippen molar-refractivity contribution >= 4 is 34.7 Å². The van der Waals surface area contributed by atoms with Gasteiger partial charge in [-0.05, 0) is 25.8 Å². The number of nitrogens with zero attached hydrogens (tertiary/aromatic N) is 4. The molecule has 1 aliphatic heterocycles. The van der Waals surface area contributed by atoms with Crippen molar-refractivity contribution in [3.63, 3.8) is 0 Å². The Bertz CT molecular complexity index is 1260. The SMILES string of the molecule is CNC(=O)c1cnc(NC(=O)C2CC2)cc1Nc1cccc2c1N(C)C(C)c1cn(C)nc1-2. The lowest BCUT2D eigenvalue weighted by molar-refractivity contribution is -0.117. The fourth-order valence-corrected chi connectivity index (χ4v) is 4.30. The molecule has 33 heavy (non-hydrogen) atoms. The molecule has 1 atom stereocenters. The largest absolute Gasteiger partial charge is 0.365 e. The van der Waals surface area contributed by atoms with Crippen molar-refractivity contribution in [2.75, 3.05) is 29.6 Å². The highest BCUT2D eigenvalue weighted by molar-refractivity contribution is 6.02. The lowest BCUT2D eigenvalue weighted by atomic mass is 9.94. The number of hydrogen-bond donors (Lipinski definition) is 3. The van der Waals surface area contributed by atoms with E-state index in [-0.39, 0.29) is 23.8 Å². The summed E-state index contributed by atoms with van der Waals surface area (Å²) in [6.07, 6.45) is 5.36. The summed E-state index contributed by atoms with van der Waals surface area (Å²) < 4.78 is 1.84. The predicted molar refractivity (Wildman–Crippen MR) is 128 cm³/mol. The molecule has 3 N–H and O–H groups in total. The van der Waals surface area contributed by atoms with Gasteiger partial charge in [0, 0.05) is 56.6 Å². The maximum Gasteiger partial charge on any atom is 0.254 e. The van der Waals surface area contributed by atoms with Crippen LogP contribution in [-0.2, 0) is 11.8 Å². The van der Waals surface area contributed by atoms with Gasteiger partial charge in [0.05, 0.1) is 34.4 Å². The molecule has 2 aromatic heterocycles. The highest BCUT2D eigenvalue weighted by atomic mass is 16.2. The van der Waals surface area contributed by atoms with E-state index in [0.717, 1.165) is 35.5 Å². The zero-order chi connectivity index (χ0) is 23.3. The lowest BCUT2D eigenvalue weighted by Crippen LogP contribution is -2.26. The molecular weight excluding hydrogens is 418 g/mol. The highest BCUT2D eigenvalue weighted by Gasteiger charge is 2.31. The maximum atomic E-state index is 12.5. The van der Waals surface area contributed by atoms with E-state index in [0.29, 0.717) is 17.1 Å². The van der Waals surface area contributed by atoms with Crippen molar-refractivity contribution in [2.45, 2.75) is 25.8 Å². The van der Waals surface area contributed by atoms with Crippen molar-refractivity contribution in [3.05, 3.63) is 47.8 Å². The molecular formula is C24H27N7O2. The van der Waals surface area contributed by atoms with Gasteiger partial charge in [0.25, 0.3) is 5.91 Å². The molecule has 0 saturated heterocycles. The number of aryl methyl sites for hydroxylation is 1. The van der Waals surface area contributed by atoms with Crippen LogP contribution in [0.3, 0.4) is 0 Å². The average Bonchev–Trinajstić information content (AvgIpc) is 3.58. The van der Waals surface area contributed by atoms with Crippen molar-refractivity contribution in [1.29, 1.82) is 0 Å². The first-order chi connectivity index (χ1) is 15.9. The van der Waals surface area contributed by atoms with Crippen molar-refractivity contribution in [3.8, 4) is 11.3 Å². The van der Waals surface area contributed by atoms with Crippen LogP contribution in [0.5, 0.6) is 0 Å². The van der Waals surface area contributed by atoms with Gasteiger partial charge in [-0.1, -0.05) is 12.1 Å². The fraction of sp³-hybridized carbons (Fsp3) is 0.333. The Kier molecular flexibility index (Phi) is 5.03. The topological polar surface area (TPSA) is 104 Å². The number of anilines is 4. The van der Waals surface area contributed by atoms with E-state index in [1.54, 1.807) is 13.1 Å². The minimum Gasteiger partial charge on any atom is -0.365 e. The van der Waals surface area contributed by atoms with Crippen LogP contribution in [0.15, 0.2) is 36.7 Å². The Hall–Kier alpha value is -3.88. The molecule has 9 nitrogen and oxygen atoms in total. The van der Waals surface area contributed by atoms with Gasteiger partial charge in [0.15, 0.2) is 0 Å². The van der Waals surface area contributed by atoms with Gasteiger partial charge in [0.1, 0.15) is 5.82 Å². The lowest BCUT2D eigenvalue weighted by Gasteiger charge is -2.35. The molecule has 1 unspecified atom stereocenters. The molecule has 0 spiro atoms. The van der Waals surface area contributed by atoms with Gasteiger partial charge in [0.2, 0.25) is 5.91 Å². The predicted octanol–water partition coefficient (Wildman–Crippen LogP) is 3.44. The zero-order valence-corrected chi connectivity index (χ0v) is 19.1. The summed E-state index contributed by atoms with van der Waals surface area (Å²) in [6.45, 7) is 2.15. The summed E-state index contributed by atoms with van der Waals surface area (Å²) in [5, 5.41) is 13.7. The number of para-hydroxylation sites is 1. The van der Waals surface area contributed by atoms with E-state index >= 15 is 0 Å². The minimum atomic E-state index is -0.261. The summed E-state index contributed by atoms with van der Waals surface area (Å²) in [6, 6.07) is 7.85. The number of benzene rings is 1. The number of pyridine rings is 1. The third-order valence-electron chi connectivity index (χ3n) is 6.38. The monoisotopic (exact) mass is 445 g/mol. The first kappa shape index (κ1) is 21.0. The van der Waals surface area contributed by atoms with E-state index in [4.69, 9.17) is 5.10 Å². The van der Waals surface area contributed by atoms with Crippen LogP contribution in [0, 0.1) is 5.92 Å². The van der Waals surface area contributed by atoms with Crippen molar-refractivity contribution < 1.29 is 9.59 Å². The van der Waals surface area contributed by atoms with Crippen LogP contribution in [-0.4, -0.2) is 40.7 Å².